The highest BCUT2D eigenvalue weighted by Crippen LogP contribution is 2.20. The minimum absolute atomic E-state index is 0.0522. The smallest absolute Gasteiger partial charge is 0.339 e. The Balaban J connectivity index is 0.00000131. The molecular formula is C32H56O4. The summed E-state index contributed by atoms with van der Waals surface area (Å²) in [4.78, 5) is 24.2. The van der Waals surface area contributed by atoms with E-state index in [0.717, 1.165) is 37.7 Å². The van der Waals surface area contributed by atoms with Crippen molar-refractivity contribution in [3.05, 3.63) is 34.9 Å². The predicted molar refractivity (Wildman–Crippen MR) is 153 cm³/mol. The van der Waals surface area contributed by atoms with Crippen molar-refractivity contribution in [1.29, 1.82) is 0 Å². The Hall–Kier alpha value is -1.84. The number of carbonyl (C=O) groups excluding carboxylic acids is 1. The summed E-state index contributed by atoms with van der Waals surface area (Å²) in [7, 11) is 0. The van der Waals surface area contributed by atoms with E-state index in [1.54, 1.807) is 6.07 Å². The van der Waals surface area contributed by atoms with Gasteiger partial charge in [0.2, 0.25) is 0 Å². The third-order valence-electron chi connectivity index (χ3n) is 6.57. The monoisotopic (exact) mass is 504 g/mol. The summed E-state index contributed by atoms with van der Waals surface area (Å²) in [5.74, 6) is -1.57. The molecule has 0 fully saturated rings. The average molecular weight is 505 g/mol. The van der Waals surface area contributed by atoms with E-state index >= 15 is 0 Å². The lowest BCUT2D eigenvalue weighted by molar-refractivity contribution is 0.0486. The van der Waals surface area contributed by atoms with Crippen LogP contribution in [-0.4, -0.2) is 23.7 Å². The highest BCUT2D eigenvalue weighted by Gasteiger charge is 2.21. The zero-order chi connectivity index (χ0) is 26.9. The van der Waals surface area contributed by atoms with Gasteiger partial charge in [0.15, 0.2) is 0 Å². The van der Waals surface area contributed by atoms with Crippen LogP contribution in [0.25, 0.3) is 0 Å². The third kappa shape index (κ3) is 17.6. The molecule has 36 heavy (non-hydrogen) atoms. The summed E-state index contributed by atoms with van der Waals surface area (Å²) in [5, 5.41) is 9.49. The van der Waals surface area contributed by atoms with Gasteiger partial charge in [-0.05, 0) is 30.9 Å². The van der Waals surface area contributed by atoms with Gasteiger partial charge in [0.25, 0.3) is 0 Å². The molecule has 0 aromatic heterocycles. The van der Waals surface area contributed by atoms with Gasteiger partial charge in [-0.1, -0.05) is 143 Å². The number of ether oxygens (including phenoxy) is 1. The van der Waals surface area contributed by atoms with Crippen molar-refractivity contribution in [3.8, 4) is 0 Å². The van der Waals surface area contributed by atoms with Crippen LogP contribution in [0.5, 0.6) is 0 Å². The van der Waals surface area contributed by atoms with Crippen LogP contribution < -0.4 is 0 Å². The number of esters is 1. The molecular weight excluding hydrogens is 448 g/mol. The van der Waals surface area contributed by atoms with Gasteiger partial charge in [-0.2, -0.15) is 0 Å². The summed E-state index contributed by atoms with van der Waals surface area (Å²) < 4.78 is 5.42. The molecule has 1 aromatic rings. The quantitative estimate of drug-likeness (QED) is 0.134. The molecule has 208 valence electrons. The van der Waals surface area contributed by atoms with Gasteiger partial charge >= 0.3 is 11.9 Å². The minimum Gasteiger partial charge on any atom is -0.478 e. The molecule has 0 saturated heterocycles. The van der Waals surface area contributed by atoms with Gasteiger partial charge in [0.05, 0.1) is 17.7 Å². The fraction of sp³-hybridized carbons (Fsp3) is 0.750. The molecule has 1 N–H and O–H groups in total. The van der Waals surface area contributed by atoms with Gasteiger partial charge in [0, 0.05) is 0 Å². The molecule has 0 radical (unpaired) electrons. The first-order valence-corrected chi connectivity index (χ1v) is 15.1. The van der Waals surface area contributed by atoms with Crippen LogP contribution in [0.4, 0.5) is 0 Å². The molecule has 1 aromatic carbocycles. The Morgan fingerprint density at radius 2 is 1.08 bits per heavy atom. The largest absolute Gasteiger partial charge is 0.478 e. The van der Waals surface area contributed by atoms with Gasteiger partial charge in [-0.15, -0.1) is 0 Å². The van der Waals surface area contributed by atoms with Crippen LogP contribution in [-0.2, 0) is 11.2 Å². The molecule has 0 heterocycles. The maximum absolute atomic E-state index is 12.6. The van der Waals surface area contributed by atoms with E-state index in [0.29, 0.717) is 13.0 Å². The number of unbranched alkanes of at least 4 members (excludes halogenated alkanes) is 15. The summed E-state index contributed by atoms with van der Waals surface area (Å²) in [6, 6.07) is 5.08. The second-order valence-electron chi connectivity index (χ2n) is 9.98. The van der Waals surface area contributed by atoms with E-state index in [9.17, 15) is 14.7 Å². The number of hydrogen-bond donors (Lipinski definition) is 1. The number of benzene rings is 1. The van der Waals surface area contributed by atoms with Gasteiger partial charge < -0.3 is 9.84 Å². The Kier molecular flexibility index (Phi) is 23.6. The number of rotatable bonds is 21. The summed E-state index contributed by atoms with van der Waals surface area (Å²) in [6.07, 6.45) is 22.9. The number of aryl methyl sites for hydroxylation is 1. The van der Waals surface area contributed by atoms with E-state index in [2.05, 4.69) is 27.7 Å². The Morgan fingerprint density at radius 1 is 0.639 bits per heavy atom. The molecule has 1 rings (SSSR count). The Bertz CT molecular complexity index is 662. The van der Waals surface area contributed by atoms with Crippen molar-refractivity contribution < 1.29 is 19.4 Å². The predicted octanol–water partition coefficient (Wildman–Crippen LogP) is 10.2. The summed E-state index contributed by atoms with van der Waals surface area (Å²) >= 11 is 0. The van der Waals surface area contributed by atoms with Crippen LogP contribution in [0.2, 0.25) is 0 Å². The van der Waals surface area contributed by atoms with Crippen LogP contribution >= 0.6 is 0 Å². The number of aromatic carboxylic acids is 1. The zero-order valence-electron chi connectivity index (χ0n) is 24.0. The fourth-order valence-electron chi connectivity index (χ4n) is 4.30. The molecule has 4 nitrogen and oxygen atoms in total. The molecule has 0 atom stereocenters. The molecule has 0 unspecified atom stereocenters. The second kappa shape index (κ2) is 24.8. The van der Waals surface area contributed by atoms with Crippen molar-refractivity contribution in [1.82, 2.24) is 0 Å². The van der Waals surface area contributed by atoms with Crippen molar-refractivity contribution in [2.45, 2.75) is 150 Å². The average Bonchev–Trinajstić information content (AvgIpc) is 2.88. The molecule has 0 spiro atoms. The summed E-state index contributed by atoms with van der Waals surface area (Å²) in [5.41, 5.74) is 1.09. The molecule has 0 saturated carbocycles. The molecule has 0 aliphatic heterocycles. The second-order valence-corrected chi connectivity index (χ2v) is 9.98. The lowest BCUT2D eigenvalue weighted by Gasteiger charge is -2.12. The first-order valence-electron chi connectivity index (χ1n) is 15.1. The lowest BCUT2D eigenvalue weighted by Crippen LogP contribution is -2.15. The molecule has 0 amide bonds. The first-order chi connectivity index (χ1) is 17.5. The highest BCUT2D eigenvalue weighted by atomic mass is 16.5. The maximum Gasteiger partial charge on any atom is 0.339 e. The van der Waals surface area contributed by atoms with Crippen LogP contribution in [0.1, 0.15) is 170 Å². The van der Waals surface area contributed by atoms with E-state index in [4.69, 9.17) is 4.74 Å². The number of hydrogen-bond acceptors (Lipinski definition) is 3. The normalized spacial score (nSPS) is 10.6. The van der Waals surface area contributed by atoms with Gasteiger partial charge in [-0.25, -0.2) is 9.59 Å². The van der Waals surface area contributed by atoms with Crippen molar-refractivity contribution >= 4 is 11.9 Å². The Morgan fingerprint density at radius 3 is 1.56 bits per heavy atom. The van der Waals surface area contributed by atoms with Gasteiger partial charge in [-0.3, -0.25) is 0 Å². The number of carbonyl (C=O) groups is 2. The first kappa shape index (κ1) is 34.2. The zero-order valence-corrected chi connectivity index (χ0v) is 24.0. The fourth-order valence-corrected chi connectivity index (χ4v) is 4.30. The SMILES string of the molecule is CCCCCCCC.CCCCCCCCOC(=O)c1c(CCCCCCCC)cccc1C(=O)O. The maximum atomic E-state index is 12.6. The van der Waals surface area contributed by atoms with Crippen molar-refractivity contribution in [2.24, 2.45) is 0 Å². The molecule has 0 aliphatic rings. The van der Waals surface area contributed by atoms with Gasteiger partial charge in [0.1, 0.15) is 0 Å². The molecule has 4 heteroatoms. The Labute approximate surface area is 222 Å². The minimum atomic E-state index is -1.07. The van der Waals surface area contributed by atoms with Crippen molar-refractivity contribution in [3.63, 3.8) is 0 Å². The van der Waals surface area contributed by atoms with E-state index in [1.165, 1.54) is 89.5 Å². The van der Waals surface area contributed by atoms with Crippen LogP contribution in [0, 0.1) is 0 Å². The topological polar surface area (TPSA) is 63.6 Å². The number of carboxylic acid groups (broad SMARTS) is 1. The third-order valence-corrected chi connectivity index (χ3v) is 6.57. The van der Waals surface area contributed by atoms with E-state index in [-0.39, 0.29) is 11.1 Å². The van der Waals surface area contributed by atoms with E-state index in [1.807, 2.05) is 6.07 Å². The number of carboxylic acids is 1. The summed E-state index contributed by atoms with van der Waals surface area (Å²) in [6.45, 7) is 9.25. The molecule has 0 aliphatic carbocycles. The van der Waals surface area contributed by atoms with Crippen molar-refractivity contribution in [2.75, 3.05) is 6.61 Å². The molecule has 0 bridgehead atoms. The lowest BCUT2D eigenvalue weighted by atomic mass is 9.96. The van der Waals surface area contributed by atoms with Crippen LogP contribution in [0.3, 0.4) is 0 Å². The highest BCUT2D eigenvalue weighted by molar-refractivity contribution is 6.03. The van der Waals surface area contributed by atoms with Crippen LogP contribution in [0.15, 0.2) is 18.2 Å². The van der Waals surface area contributed by atoms with E-state index < -0.39 is 11.9 Å². The standard InChI is InChI=1S/C24H38O4.C8H18/c1-3-5-7-9-11-13-16-20-17-15-18-21(23(25)26)22(20)24(27)28-19-14-12-10-8-6-4-2;1-3-5-7-8-6-4-2/h15,17-18H,3-14,16,19H2,1-2H3,(H,25,26);3-8H2,1-2H3.